The van der Waals surface area contributed by atoms with Crippen molar-refractivity contribution in [2.45, 2.75) is 6.04 Å². The number of halogens is 2. The molecule has 1 N–H and O–H groups in total. The van der Waals surface area contributed by atoms with Gasteiger partial charge in [-0.05, 0) is 35.4 Å². The van der Waals surface area contributed by atoms with E-state index in [-0.39, 0.29) is 22.7 Å². The summed E-state index contributed by atoms with van der Waals surface area (Å²) in [5.41, 5.74) is 0.505. The quantitative estimate of drug-likeness (QED) is 0.377. The molecule has 33 heavy (non-hydrogen) atoms. The van der Waals surface area contributed by atoms with Gasteiger partial charge in [-0.25, -0.2) is 4.39 Å². The molecule has 1 unspecified atom stereocenters. The predicted octanol–water partition coefficient (Wildman–Crippen LogP) is 0.627. The maximum Gasteiger partial charge on any atom is 0.295 e. The van der Waals surface area contributed by atoms with Crippen LogP contribution in [0.1, 0.15) is 17.2 Å². The van der Waals surface area contributed by atoms with Crippen LogP contribution in [0.3, 0.4) is 0 Å². The van der Waals surface area contributed by atoms with Crippen molar-refractivity contribution in [2.75, 3.05) is 46.5 Å². The van der Waals surface area contributed by atoms with E-state index in [9.17, 15) is 19.1 Å². The highest BCUT2D eigenvalue weighted by Gasteiger charge is 2.44. The largest absolute Gasteiger partial charge is 0.872 e. The molecule has 2 fully saturated rings. The number of rotatable bonds is 6. The van der Waals surface area contributed by atoms with Crippen LogP contribution in [0.5, 0.6) is 5.75 Å². The number of methoxy groups -OCH3 is 1. The number of nitrogens with one attached hydrogen (secondary N) is 1. The van der Waals surface area contributed by atoms with Gasteiger partial charge in [0.05, 0.1) is 44.5 Å². The number of ketones is 1. The second-order valence-electron chi connectivity index (χ2n) is 7.99. The van der Waals surface area contributed by atoms with Crippen LogP contribution in [0.25, 0.3) is 5.76 Å². The molecule has 2 aromatic rings. The molecule has 2 heterocycles. The summed E-state index contributed by atoms with van der Waals surface area (Å²) in [6, 6.07) is 9.03. The van der Waals surface area contributed by atoms with Crippen molar-refractivity contribution in [3.63, 3.8) is 0 Å². The van der Waals surface area contributed by atoms with Crippen LogP contribution in [0.2, 0.25) is 5.02 Å². The minimum Gasteiger partial charge on any atom is -0.872 e. The van der Waals surface area contributed by atoms with E-state index in [0.29, 0.717) is 31.1 Å². The molecule has 0 saturated carbocycles. The van der Waals surface area contributed by atoms with E-state index in [0.717, 1.165) is 13.1 Å². The number of benzene rings is 2. The molecule has 2 saturated heterocycles. The number of likely N-dealkylation sites (tertiary alicyclic amines) is 1. The average molecular weight is 475 g/mol. The van der Waals surface area contributed by atoms with E-state index in [1.54, 1.807) is 0 Å². The summed E-state index contributed by atoms with van der Waals surface area (Å²) in [6.45, 7) is 3.77. The van der Waals surface area contributed by atoms with Crippen molar-refractivity contribution in [3.8, 4) is 5.75 Å². The Morgan fingerprint density at radius 1 is 1.21 bits per heavy atom. The number of Topliss-reactive ketones (excluding diaryl/α,β-unsaturated/α-hetero) is 1. The molecule has 2 aliphatic heterocycles. The second-order valence-corrected chi connectivity index (χ2v) is 8.39. The van der Waals surface area contributed by atoms with Crippen molar-refractivity contribution < 1.29 is 33.5 Å². The Balaban J connectivity index is 1.74. The molecule has 7 nitrogen and oxygen atoms in total. The van der Waals surface area contributed by atoms with E-state index in [1.165, 1.54) is 59.4 Å². The highest BCUT2D eigenvalue weighted by molar-refractivity contribution is 6.46. The van der Waals surface area contributed by atoms with Crippen LogP contribution >= 0.6 is 11.6 Å². The lowest BCUT2D eigenvalue weighted by atomic mass is 9.95. The van der Waals surface area contributed by atoms with Crippen molar-refractivity contribution >= 4 is 29.1 Å². The van der Waals surface area contributed by atoms with Crippen molar-refractivity contribution in [1.29, 1.82) is 0 Å². The summed E-state index contributed by atoms with van der Waals surface area (Å²) in [4.78, 5) is 28.7. The summed E-state index contributed by atoms with van der Waals surface area (Å²) >= 11 is 6.18. The monoisotopic (exact) mass is 474 g/mol. The molecule has 2 aliphatic rings. The predicted molar refractivity (Wildman–Crippen MR) is 117 cm³/mol. The number of carbonyl (C=O) groups is 2. The van der Waals surface area contributed by atoms with E-state index in [1.807, 2.05) is 0 Å². The van der Waals surface area contributed by atoms with Crippen LogP contribution in [0.15, 0.2) is 48.0 Å². The van der Waals surface area contributed by atoms with Crippen molar-refractivity contribution in [1.82, 2.24) is 4.90 Å². The topological polar surface area (TPSA) is 83.3 Å². The second kappa shape index (κ2) is 9.91. The van der Waals surface area contributed by atoms with Gasteiger partial charge in [0.25, 0.3) is 5.91 Å². The van der Waals surface area contributed by atoms with Gasteiger partial charge < -0.3 is 24.4 Å². The summed E-state index contributed by atoms with van der Waals surface area (Å²) < 4.78 is 24.1. The summed E-state index contributed by atoms with van der Waals surface area (Å²) in [5.74, 6) is -2.24. The van der Waals surface area contributed by atoms with E-state index < -0.39 is 29.3 Å². The molecule has 0 aromatic heterocycles. The van der Waals surface area contributed by atoms with Crippen LogP contribution in [-0.4, -0.2) is 63.1 Å². The van der Waals surface area contributed by atoms with Gasteiger partial charge in [-0.15, -0.1) is 0 Å². The van der Waals surface area contributed by atoms with Gasteiger partial charge in [0, 0.05) is 5.57 Å². The first-order valence-electron chi connectivity index (χ1n) is 10.7. The maximum absolute atomic E-state index is 13.6. The third kappa shape index (κ3) is 4.73. The first kappa shape index (κ1) is 23.2. The number of ether oxygens (including phenoxy) is 2. The van der Waals surface area contributed by atoms with Gasteiger partial charge in [0.15, 0.2) is 0 Å². The normalized spacial score (nSPS) is 20.9. The number of hydrogen-bond donors (Lipinski definition) is 1. The fourth-order valence-electron chi connectivity index (χ4n) is 4.24. The fourth-order valence-corrected chi connectivity index (χ4v) is 4.50. The smallest absolute Gasteiger partial charge is 0.295 e. The van der Waals surface area contributed by atoms with Gasteiger partial charge >= 0.3 is 0 Å². The van der Waals surface area contributed by atoms with Crippen LogP contribution < -0.4 is 14.7 Å². The number of quaternary nitrogens is 1. The minimum absolute atomic E-state index is 0.162. The summed E-state index contributed by atoms with van der Waals surface area (Å²) in [6.07, 6.45) is 0. The highest BCUT2D eigenvalue weighted by atomic mass is 35.5. The molecule has 0 bridgehead atoms. The maximum atomic E-state index is 13.6. The molecule has 0 spiro atoms. The molecular formula is C24H24ClFN2O5. The van der Waals surface area contributed by atoms with Crippen molar-refractivity contribution in [3.05, 3.63) is 70.0 Å². The van der Waals surface area contributed by atoms with Crippen LogP contribution in [0.4, 0.5) is 4.39 Å². The van der Waals surface area contributed by atoms with Gasteiger partial charge in [0.1, 0.15) is 24.7 Å². The lowest BCUT2D eigenvalue weighted by Crippen LogP contribution is -3.14. The SMILES string of the molecule is COc1ccc(C([O-])=C2C(=O)C(=O)N(CC[NH+]3CCOCC3)C2c2ccc(F)cc2)cc1Cl. The standard InChI is InChI=1S/C24H24ClFN2O5/c1-32-19-7-4-16(14-18(19)25)22(29)20-21(15-2-5-17(26)6-3-15)28(24(31)23(20)30)9-8-27-10-12-33-13-11-27/h2-7,14,21,29H,8-13H2,1H3. The Hall–Kier alpha value is -2.94. The Morgan fingerprint density at radius 2 is 1.91 bits per heavy atom. The van der Waals surface area contributed by atoms with E-state index >= 15 is 0 Å². The first-order valence-corrected chi connectivity index (χ1v) is 11.1. The third-order valence-electron chi connectivity index (χ3n) is 6.04. The molecule has 0 aliphatic carbocycles. The van der Waals surface area contributed by atoms with E-state index in [2.05, 4.69) is 0 Å². The van der Waals surface area contributed by atoms with Crippen LogP contribution in [-0.2, 0) is 14.3 Å². The highest BCUT2D eigenvalue weighted by Crippen LogP contribution is 2.39. The number of carbonyl (C=O) groups excluding carboxylic acids is 2. The Bertz CT molecular complexity index is 1080. The van der Waals surface area contributed by atoms with Crippen molar-refractivity contribution in [2.24, 2.45) is 0 Å². The lowest BCUT2D eigenvalue weighted by molar-refractivity contribution is -0.907. The molecule has 1 amide bonds. The molecule has 9 heteroatoms. The first-order chi connectivity index (χ1) is 15.9. The molecule has 4 rings (SSSR count). The lowest BCUT2D eigenvalue weighted by Gasteiger charge is -2.30. The number of morpholine rings is 1. The van der Waals surface area contributed by atoms with Gasteiger partial charge in [-0.1, -0.05) is 35.6 Å². The van der Waals surface area contributed by atoms with Gasteiger partial charge in [-0.2, -0.15) is 0 Å². The molecule has 174 valence electrons. The summed E-state index contributed by atoms with van der Waals surface area (Å²) in [7, 11) is 1.45. The molecule has 1 atom stereocenters. The molecule has 0 radical (unpaired) electrons. The zero-order chi connectivity index (χ0) is 23.5. The third-order valence-corrected chi connectivity index (χ3v) is 6.33. The molecule has 2 aromatic carbocycles. The average Bonchev–Trinajstić information content (AvgIpc) is 3.08. The Kier molecular flexibility index (Phi) is 6.97. The Labute approximate surface area is 195 Å². The van der Waals surface area contributed by atoms with Gasteiger partial charge in [0.2, 0.25) is 5.78 Å². The Morgan fingerprint density at radius 3 is 2.55 bits per heavy atom. The van der Waals surface area contributed by atoms with E-state index in [4.69, 9.17) is 21.1 Å². The molecular weight excluding hydrogens is 451 g/mol. The zero-order valence-corrected chi connectivity index (χ0v) is 18.9. The number of hydrogen-bond acceptors (Lipinski definition) is 5. The van der Waals surface area contributed by atoms with Gasteiger partial charge in [-0.3, -0.25) is 9.59 Å². The number of amides is 1. The summed E-state index contributed by atoms with van der Waals surface area (Å²) in [5, 5.41) is 13.6. The zero-order valence-electron chi connectivity index (χ0n) is 18.1. The van der Waals surface area contributed by atoms with Crippen LogP contribution in [0, 0.1) is 5.82 Å². The minimum atomic E-state index is -0.903. The number of nitrogens with zero attached hydrogens (tertiary/aromatic N) is 1. The fraction of sp³-hybridized carbons (Fsp3) is 0.333.